The third kappa shape index (κ3) is 11.0. The third-order valence-electron chi connectivity index (χ3n) is 0.677. The van der Waals surface area contributed by atoms with Gasteiger partial charge in [0.1, 0.15) is 0 Å². The van der Waals surface area contributed by atoms with Gasteiger partial charge in [-0.3, -0.25) is 4.79 Å². The van der Waals surface area contributed by atoms with Crippen LogP contribution in [0.15, 0.2) is 11.6 Å². The van der Waals surface area contributed by atoms with Crippen LogP contribution in [0.2, 0.25) is 0 Å². The molecule has 0 heterocycles. The molecule has 0 unspecified atom stereocenters. The summed E-state index contributed by atoms with van der Waals surface area (Å²) in [7, 11) is 0. The van der Waals surface area contributed by atoms with Crippen LogP contribution < -0.4 is 0 Å². The van der Waals surface area contributed by atoms with E-state index in [4.69, 9.17) is 20.1 Å². The van der Waals surface area contributed by atoms with Crippen LogP contribution in [0.25, 0.3) is 0 Å². The first-order valence-corrected chi connectivity index (χ1v) is 2.68. The van der Waals surface area contributed by atoms with E-state index in [0.717, 1.165) is 0 Å². The zero-order valence-electron chi connectivity index (χ0n) is 6.22. The van der Waals surface area contributed by atoms with E-state index in [2.05, 4.69) is 0 Å². The molecule has 3 N–H and O–H groups in total. The lowest BCUT2D eigenvalue weighted by molar-refractivity contribution is -0.135. The summed E-state index contributed by atoms with van der Waals surface area (Å²) >= 11 is 0. The summed E-state index contributed by atoms with van der Waals surface area (Å²) < 4.78 is 0. The van der Waals surface area contributed by atoms with Gasteiger partial charge in [0.2, 0.25) is 0 Å². The first-order chi connectivity index (χ1) is 5.45. The quantitative estimate of drug-likeness (QED) is 0.397. The number of aliphatic carboxylic acids is 2. The molecule has 0 rings (SSSR count). The van der Waals surface area contributed by atoms with Crippen LogP contribution in [-0.4, -0.2) is 33.7 Å². The second-order valence-electron chi connectivity index (χ2n) is 1.58. The molecule has 0 amide bonds. The van der Waals surface area contributed by atoms with Crippen molar-refractivity contribution in [2.75, 3.05) is 0 Å². The second kappa shape index (κ2) is 7.26. The predicted octanol–water partition coefficient (Wildman–Crippen LogP) is -0.197. The first kappa shape index (κ1) is 12.8. The lowest BCUT2D eigenvalue weighted by Crippen LogP contribution is -1.99. The molecule has 6 nitrogen and oxygen atoms in total. The smallest absolute Gasteiger partial charge is 0.331 e. The van der Waals surface area contributed by atoms with Gasteiger partial charge in [-0.2, -0.15) is 0 Å². The van der Waals surface area contributed by atoms with Crippen molar-refractivity contribution >= 4 is 18.4 Å². The second-order valence-corrected chi connectivity index (χ2v) is 1.58. The lowest BCUT2D eigenvalue weighted by Gasteiger charge is -1.86. The predicted molar refractivity (Wildman–Crippen MR) is 37.7 cm³/mol. The Hall–Kier alpha value is -1.85. The summed E-state index contributed by atoms with van der Waals surface area (Å²) in [5, 5.41) is 23.0. The molecule has 0 aromatic heterocycles. The van der Waals surface area contributed by atoms with Crippen LogP contribution in [0.4, 0.5) is 0 Å². The molecule has 0 atom stereocenters. The van der Waals surface area contributed by atoms with Crippen LogP contribution >= 0.6 is 0 Å². The summed E-state index contributed by atoms with van der Waals surface area (Å²) in [5.74, 6) is -2.45. The molecule has 0 aliphatic carbocycles. The lowest BCUT2D eigenvalue weighted by atomic mass is 10.3. The van der Waals surface area contributed by atoms with E-state index in [0.29, 0.717) is 6.08 Å². The van der Waals surface area contributed by atoms with E-state index in [-0.39, 0.29) is 12.0 Å². The fourth-order valence-electron chi connectivity index (χ4n) is 0.247. The molecule has 0 aromatic carbocycles. The summed E-state index contributed by atoms with van der Waals surface area (Å²) in [6.45, 7) is 0.969. The van der Waals surface area contributed by atoms with Gasteiger partial charge < -0.3 is 15.3 Å². The molecule has 12 heavy (non-hydrogen) atoms. The number of hydrogen-bond acceptors (Lipinski definition) is 3. The molecule has 0 fully saturated rings. The number of carboxylic acid groups (broad SMARTS) is 3. The summed E-state index contributed by atoms with van der Waals surface area (Å²) in [6, 6.07) is 0. The maximum Gasteiger partial charge on any atom is 0.331 e. The molecule has 0 saturated carbocycles. The standard InChI is InChI=1S/C5H6O4.CH2O2/c1-3(5(8)9)2-4(6)7;2-1-3/h2H,1H3,(H,6,7)(H,8,9);1H,(H,2,3)/b3-2-;. The van der Waals surface area contributed by atoms with E-state index in [9.17, 15) is 9.59 Å². The highest BCUT2D eigenvalue weighted by molar-refractivity contribution is 5.93. The highest BCUT2D eigenvalue weighted by Crippen LogP contribution is 1.89. The third-order valence-corrected chi connectivity index (χ3v) is 0.677. The Bertz CT molecular complexity index is 204. The van der Waals surface area contributed by atoms with Crippen molar-refractivity contribution in [3.05, 3.63) is 11.6 Å². The highest BCUT2D eigenvalue weighted by Gasteiger charge is 2.00. The first-order valence-electron chi connectivity index (χ1n) is 2.68. The van der Waals surface area contributed by atoms with E-state index in [1.165, 1.54) is 6.92 Å². The molecule has 0 bridgehead atoms. The van der Waals surface area contributed by atoms with E-state index < -0.39 is 11.9 Å². The normalized spacial score (nSPS) is 9.25. The van der Waals surface area contributed by atoms with Crippen molar-refractivity contribution in [3.63, 3.8) is 0 Å². The average Bonchev–Trinajstić information content (AvgIpc) is 1.87. The largest absolute Gasteiger partial charge is 0.483 e. The summed E-state index contributed by atoms with van der Waals surface area (Å²) in [5.41, 5.74) is -0.178. The topological polar surface area (TPSA) is 112 Å². The Labute approximate surface area is 67.7 Å². The van der Waals surface area contributed by atoms with Crippen LogP contribution in [0.5, 0.6) is 0 Å². The zero-order chi connectivity index (χ0) is 10.1. The van der Waals surface area contributed by atoms with Crippen molar-refractivity contribution in [2.45, 2.75) is 6.92 Å². The van der Waals surface area contributed by atoms with Gasteiger partial charge in [-0.25, -0.2) is 9.59 Å². The minimum absolute atomic E-state index is 0.178. The van der Waals surface area contributed by atoms with Crippen LogP contribution in [-0.2, 0) is 14.4 Å². The van der Waals surface area contributed by atoms with Crippen molar-refractivity contribution in [2.24, 2.45) is 0 Å². The minimum atomic E-state index is -1.24. The number of carbonyl (C=O) groups is 3. The van der Waals surface area contributed by atoms with Crippen molar-refractivity contribution < 1.29 is 29.7 Å². The van der Waals surface area contributed by atoms with Crippen LogP contribution in [0.3, 0.4) is 0 Å². The molecule has 6 heteroatoms. The highest BCUT2D eigenvalue weighted by atomic mass is 16.4. The molecule has 0 aliphatic heterocycles. The van der Waals surface area contributed by atoms with Gasteiger partial charge in [-0.15, -0.1) is 0 Å². The molecule has 0 aliphatic rings. The van der Waals surface area contributed by atoms with Gasteiger partial charge in [-0.1, -0.05) is 0 Å². The molecular weight excluding hydrogens is 168 g/mol. The summed E-state index contributed by atoms with van der Waals surface area (Å²) in [6.07, 6.45) is 0.641. The number of hydrogen-bond donors (Lipinski definition) is 3. The van der Waals surface area contributed by atoms with Gasteiger partial charge >= 0.3 is 11.9 Å². The Morgan fingerprint density at radius 2 is 1.58 bits per heavy atom. The van der Waals surface area contributed by atoms with Gasteiger partial charge in [0.25, 0.3) is 6.47 Å². The maximum absolute atomic E-state index is 9.90. The number of carboxylic acids is 2. The van der Waals surface area contributed by atoms with Crippen molar-refractivity contribution in [1.82, 2.24) is 0 Å². The monoisotopic (exact) mass is 176 g/mol. The molecule has 0 spiro atoms. The van der Waals surface area contributed by atoms with E-state index >= 15 is 0 Å². The van der Waals surface area contributed by atoms with E-state index in [1.807, 2.05) is 0 Å². The van der Waals surface area contributed by atoms with Crippen molar-refractivity contribution in [1.29, 1.82) is 0 Å². The molecule has 0 saturated heterocycles. The molecular formula is C6H8O6. The Kier molecular flexibility index (Phi) is 7.74. The van der Waals surface area contributed by atoms with Crippen LogP contribution in [0, 0.1) is 0 Å². The Morgan fingerprint density at radius 1 is 1.25 bits per heavy atom. The van der Waals surface area contributed by atoms with Gasteiger partial charge in [0, 0.05) is 11.6 Å². The minimum Gasteiger partial charge on any atom is -0.483 e. The average molecular weight is 176 g/mol. The number of rotatable bonds is 2. The maximum atomic E-state index is 9.90. The van der Waals surface area contributed by atoms with Gasteiger partial charge in [-0.05, 0) is 6.92 Å². The fourth-order valence-corrected chi connectivity index (χ4v) is 0.247. The summed E-state index contributed by atoms with van der Waals surface area (Å²) in [4.78, 5) is 28.0. The Balaban J connectivity index is 0. The van der Waals surface area contributed by atoms with Crippen molar-refractivity contribution in [3.8, 4) is 0 Å². The van der Waals surface area contributed by atoms with Crippen LogP contribution in [0.1, 0.15) is 6.92 Å². The Morgan fingerprint density at radius 3 is 1.67 bits per heavy atom. The van der Waals surface area contributed by atoms with Gasteiger partial charge in [0.15, 0.2) is 0 Å². The van der Waals surface area contributed by atoms with E-state index in [1.54, 1.807) is 0 Å². The SMILES string of the molecule is C/C(=C/C(=O)O)C(=O)O.O=CO. The zero-order valence-corrected chi connectivity index (χ0v) is 6.22. The molecule has 68 valence electrons. The molecule has 0 radical (unpaired) electrons. The van der Waals surface area contributed by atoms with Gasteiger partial charge in [0.05, 0.1) is 0 Å². The molecule has 0 aromatic rings. The fraction of sp³-hybridized carbons (Fsp3) is 0.167.